The maximum Gasteiger partial charge on any atom is 0.329 e. The number of imide groups is 1. The zero-order valence-corrected chi connectivity index (χ0v) is 12.4. The highest BCUT2D eigenvalue weighted by molar-refractivity contribution is 6.15. The van der Waals surface area contributed by atoms with Gasteiger partial charge in [-0.05, 0) is 36.4 Å². The van der Waals surface area contributed by atoms with Gasteiger partial charge < -0.3 is 20.2 Å². The fourth-order valence-electron chi connectivity index (χ4n) is 2.12. The average molecular weight is 327 g/mol. The van der Waals surface area contributed by atoms with Gasteiger partial charge in [0.05, 0.1) is 6.26 Å². The van der Waals surface area contributed by atoms with E-state index in [1.165, 1.54) is 36.6 Å². The van der Waals surface area contributed by atoms with Crippen molar-refractivity contribution in [3.63, 3.8) is 0 Å². The Labute approximate surface area is 136 Å². The lowest BCUT2D eigenvalue weighted by Gasteiger charge is -2.11. The largest absolute Gasteiger partial charge is 0.508 e. The molecule has 0 atom stereocenters. The minimum atomic E-state index is -0.682. The molecule has 0 aliphatic carbocycles. The Bertz CT molecular complexity index is 809. The van der Waals surface area contributed by atoms with Gasteiger partial charge in [0.1, 0.15) is 23.8 Å². The SMILES string of the molecule is O=C(CN1C(=O)N/C(=C\c2ccco2)C1=O)Nc1ccc(O)cc1. The van der Waals surface area contributed by atoms with E-state index in [1.807, 2.05) is 0 Å². The number of urea groups is 1. The highest BCUT2D eigenvalue weighted by Gasteiger charge is 2.35. The van der Waals surface area contributed by atoms with Gasteiger partial charge in [0.15, 0.2) is 0 Å². The van der Waals surface area contributed by atoms with Crippen LogP contribution in [-0.2, 0) is 9.59 Å². The number of carbonyl (C=O) groups excluding carboxylic acids is 3. The predicted octanol–water partition coefficient (Wildman–Crippen LogP) is 1.52. The Hall–Kier alpha value is -3.55. The number of hydrogen-bond donors (Lipinski definition) is 3. The van der Waals surface area contributed by atoms with Gasteiger partial charge >= 0.3 is 6.03 Å². The van der Waals surface area contributed by atoms with Crippen molar-refractivity contribution in [1.82, 2.24) is 10.2 Å². The fourth-order valence-corrected chi connectivity index (χ4v) is 2.12. The summed E-state index contributed by atoms with van der Waals surface area (Å²) in [6.45, 7) is -0.430. The first-order valence-corrected chi connectivity index (χ1v) is 7.00. The average Bonchev–Trinajstić information content (AvgIpc) is 3.14. The van der Waals surface area contributed by atoms with E-state index < -0.39 is 24.4 Å². The van der Waals surface area contributed by atoms with Gasteiger partial charge in [0.25, 0.3) is 5.91 Å². The standard InChI is InChI=1S/C16H13N3O5/c20-11-5-3-10(4-6-11)17-14(21)9-19-15(22)13(18-16(19)23)8-12-2-1-7-24-12/h1-8,20H,9H2,(H,17,21)(H,18,23)/b13-8-. The summed E-state index contributed by atoms with van der Waals surface area (Å²) in [5, 5.41) is 14.1. The van der Waals surface area contributed by atoms with Gasteiger partial charge in [-0.1, -0.05) is 0 Å². The summed E-state index contributed by atoms with van der Waals surface area (Å²) in [6, 6.07) is 8.42. The monoisotopic (exact) mass is 327 g/mol. The maximum absolute atomic E-state index is 12.2. The van der Waals surface area contributed by atoms with Crippen LogP contribution in [0.1, 0.15) is 5.76 Å². The van der Waals surface area contributed by atoms with Crippen LogP contribution in [0.2, 0.25) is 0 Å². The molecule has 0 unspecified atom stereocenters. The van der Waals surface area contributed by atoms with Gasteiger partial charge in [-0.25, -0.2) is 9.69 Å². The van der Waals surface area contributed by atoms with E-state index in [2.05, 4.69) is 10.6 Å². The van der Waals surface area contributed by atoms with Gasteiger partial charge in [0, 0.05) is 11.8 Å². The molecule has 0 bridgehead atoms. The van der Waals surface area contributed by atoms with Crippen molar-refractivity contribution in [2.75, 3.05) is 11.9 Å². The number of anilines is 1. The third kappa shape index (κ3) is 3.27. The number of furan rings is 1. The molecule has 24 heavy (non-hydrogen) atoms. The Kier molecular flexibility index (Phi) is 4.02. The number of amides is 4. The second-order valence-electron chi connectivity index (χ2n) is 4.99. The van der Waals surface area contributed by atoms with Crippen molar-refractivity contribution < 1.29 is 23.9 Å². The minimum Gasteiger partial charge on any atom is -0.508 e. The van der Waals surface area contributed by atoms with Crippen molar-refractivity contribution in [2.24, 2.45) is 0 Å². The van der Waals surface area contributed by atoms with Crippen LogP contribution < -0.4 is 10.6 Å². The van der Waals surface area contributed by atoms with Crippen molar-refractivity contribution in [3.05, 3.63) is 54.1 Å². The highest BCUT2D eigenvalue weighted by atomic mass is 16.3. The van der Waals surface area contributed by atoms with Gasteiger partial charge in [-0.15, -0.1) is 0 Å². The van der Waals surface area contributed by atoms with E-state index in [0.29, 0.717) is 11.4 Å². The molecule has 0 spiro atoms. The smallest absolute Gasteiger partial charge is 0.329 e. The van der Waals surface area contributed by atoms with Crippen LogP contribution in [-0.4, -0.2) is 34.4 Å². The number of phenolic OH excluding ortho intramolecular Hbond substituents is 1. The van der Waals surface area contributed by atoms with Crippen molar-refractivity contribution in [3.8, 4) is 5.75 Å². The lowest BCUT2D eigenvalue weighted by molar-refractivity contribution is -0.127. The Morgan fingerprint density at radius 2 is 2.00 bits per heavy atom. The van der Waals surface area contributed by atoms with Crippen LogP contribution in [0, 0.1) is 0 Å². The molecular formula is C16H13N3O5. The third-order valence-electron chi connectivity index (χ3n) is 3.24. The van der Waals surface area contributed by atoms with Crippen LogP contribution in [0.5, 0.6) is 5.75 Å². The van der Waals surface area contributed by atoms with Crippen LogP contribution >= 0.6 is 0 Å². The molecule has 2 aromatic rings. The first-order chi connectivity index (χ1) is 11.5. The van der Waals surface area contributed by atoms with Gasteiger partial charge in [0.2, 0.25) is 5.91 Å². The highest BCUT2D eigenvalue weighted by Crippen LogP contribution is 2.16. The Balaban J connectivity index is 1.66. The van der Waals surface area contributed by atoms with Crippen molar-refractivity contribution >= 4 is 29.6 Å². The van der Waals surface area contributed by atoms with Crippen molar-refractivity contribution in [2.45, 2.75) is 0 Å². The first-order valence-electron chi connectivity index (χ1n) is 7.00. The molecule has 122 valence electrons. The molecule has 1 aliphatic heterocycles. The van der Waals surface area contributed by atoms with Gasteiger partial charge in [-0.2, -0.15) is 0 Å². The van der Waals surface area contributed by atoms with Crippen LogP contribution in [0.15, 0.2) is 52.8 Å². The molecule has 1 aromatic heterocycles. The number of benzene rings is 1. The summed E-state index contributed by atoms with van der Waals surface area (Å²) >= 11 is 0. The topological polar surface area (TPSA) is 112 Å². The molecule has 4 amide bonds. The predicted molar refractivity (Wildman–Crippen MR) is 83.7 cm³/mol. The van der Waals surface area contributed by atoms with E-state index in [9.17, 15) is 19.5 Å². The number of rotatable bonds is 4. The lowest BCUT2D eigenvalue weighted by atomic mass is 10.3. The summed E-state index contributed by atoms with van der Waals surface area (Å²) in [4.78, 5) is 36.8. The Morgan fingerprint density at radius 3 is 2.67 bits per heavy atom. The van der Waals surface area contributed by atoms with Gasteiger partial charge in [-0.3, -0.25) is 9.59 Å². The summed E-state index contributed by atoms with van der Waals surface area (Å²) < 4.78 is 5.09. The molecule has 1 saturated heterocycles. The molecule has 8 nitrogen and oxygen atoms in total. The molecule has 1 aliphatic rings. The van der Waals surface area contributed by atoms with E-state index >= 15 is 0 Å². The van der Waals surface area contributed by atoms with Crippen LogP contribution in [0.3, 0.4) is 0 Å². The number of carbonyl (C=O) groups is 3. The van der Waals surface area contributed by atoms with E-state index in [4.69, 9.17) is 4.42 Å². The summed E-state index contributed by atoms with van der Waals surface area (Å²) in [5.74, 6) is -0.676. The molecule has 3 N–H and O–H groups in total. The maximum atomic E-state index is 12.2. The molecule has 3 rings (SSSR count). The third-order valence-corrected chi connectivity index (χ3v) is 3.24. The molecule has 0 saturated carbocycles. The quantitative estimate of drug-likeness (QED) is 0.448. The second-order valence-corrected chi connectivity index (χ2v) is 4.99. The number of nitrogens with one attached hydrogen (secondary N) is 2. The molecule has 2 heterocycles. The zero-order chi connectivity index (χ0) is 17.1. The molecule has 1 fully saturated rings. The molecule has 0 radical (unpaired) electrons. The minimum absolute atomic E-state index is 0.0346. The molecule has 8 heteroatoms. The number of phenols is 1. The number of hydrogen-bond acceptors (Lipinski definition) is 5. The number of nitrogens with zero attached hydrogens (tertiary/aromatic N) is 1. The molecule has 1 aromatic carbocycles. The summed E-state index contributed by atoms with van der Waals surface area (Å²) in [5.41, 5.74) is 0.476. The fraction of sp³-hybridized carbons (Fsp3) is 0.0625. The van der Waals surface area contributed by atoms with Crippen molar-refractivity contribution in [1.29, 1.82) is 0 Å². The lowest BCUT2D eigenvalue weighted by Crippen LogP contribution is -2.38. The summed E-state index contributed by atoms with van der Waals surface area (Å²) in [7, 11) is 0. The Morgan fingerprint density at radius 1 is 1.25 bits per heavy atom. The number of aromatic hydroxyl groups is 1. The van der Waals surface area contributed by atoms with Crippen LogP contribution in [0.4, 0.5) is 10.5 Å². The molecular weight excluding hydrogens is 314 g/mol. The zero-order valence-electron chi connectivity index (χ0n) is 12.4. The van der Waals surface area contributed by atoms with E-state index in [0.717, 1.165) is 4.90 Å². The van der Waals surface area contributed by atoms with Crippen LogP contribution in [0.25, 0.3) is 6.08 Å². The van der Waals surface area contributed by atoms with E-state index in [1.54, 1.807) is 12.1 Å². The second kappa shape index (κ2) is 6.29. The summed E-state index contributed by atoms with van der Waals surface area (Å²) in [6.07, 6.45) is 2.83. The normalized spacial score (nSPS) is 15.7. The van der Waals surface area contributed by atoms with E-state index in [-0.39, 0.29) is 11.4 Å². The first kappa shape index (κ1) is 15.3.